The molecule has 2 N–H and O–H groups in total. The van der Waals surface area contributed by atoms with Crippen LogP contribution in [0.4, 0.5) is 0 Å². The number of terminal acetylenes is 1. The van der Waals surface area contributed by atoms with Crippen molar-refractivity contribution in [2.75, 3.05) is 0 Å². The highest BCUT2D eigenvalue weighted by Crippen LogP contribution is 2.06. The number of nitrogens with zero attached hydrogens (tertiary/aromatic N) is 1. The SMILES string of the molecule is C#Cc1cc(C)ncc1CN. The second kappa shape index (κ2) is 3.18. The fourth-order valence-electron chi connectivity index (χ4n) is 0.885. The Hall–Kier alpha value is -1.33. The van der Waals surface area contributed by atoms with Crippen LogP contribution in [0.1, 0.15) is 16.8 Å². The van der Waals surface area contributed by atoms with Crippen LogP contribution >= 0.6 is 0 Å². The molecule has 0 fully saturated rings. The highest BCUT2D eigenvalue weighted by atomic mass is 14.7. The fourth-order valence-corrected chi connectivity index (χ4v) is 0.885. The van der Waals surface area contributed by atoms with Gasteiger partial charge >= 0.3 is 0 Å². The van der Waals surface area contributed by atoms with E-state index in [1.165, 1.54) is 0 Å². The number of aromatic nitrogens is 1. The molecule has 0 saturated carbocycles. The molecule has 1 heterocycles. The standard InChI is InChI=1S/C9H10N2/c1-3-8-4-7(2)11-6-9(8)5-10/h1,4,6H,5,10H2,2H3. The van der Waals surface area contributed by atoms with Crippen molar-refractivity contribution in [1.29, 1.82) is 0 Å². The molecule has 0 aliphatic carbocycles. The summed E-state index contributed by atoms with van der Waals surface area (Å²) >= 11 is 0. The summed E-state index contributed by atoms with van der Waals surface area (Å²) in [5.41, 5.74) is 8.14. The molecular formula is C9H10N2. The van der Waals surface area contributed by atoms with Crippen LogP contribution in [0, 0.1) is 19.3 Å². The predicted octanol–water partition coefficient (Wildman–Crippen LogP) is 0.830. The summed E-state index contributed by atoms with van der Waals surface area (Å²) in [4.78, 5) is 4.08. The zero-order chi connectivity index (χ0) is 8.27. The number of hydrogen-bond acceptors (Lipinski definition) is 2. The minimum absolute atomic E-state index is 0.451. The molecule has 0 atom stereocenters. The van der Waals surface area contributed by atoms with Crippen LogP contribution < -0.4 is 5.73 Å². The van der Waals surface area contributed by atoms with Gasteiger partial charge in [-0.25, -0.2) is 0 Å². The smallest absolute Gasteiger partial charge is 0.0385 e. The van der Waals surface area contributed by atoms with E-state index in [1.54, 1.807) is 6.20 Å². The molecule has 1 aromatic rings. The normalized spacial score (nSPS) is 9.18. The monoisotopic (exact) mass is 146 g/mol. The molecule has 0 saturated heterocycles. The maximum Gasteiger partial charge on any atom is 0.0385 e. The Kier molecular flexibility index (Phi) is 2.25. The summed E-state index contributed by atoms with van der Waals surface area (Å²) in [5, 5.41) is 0. The third-order valence-electron chi connectivity index (χ3n) is 1.50. The molecule has 2 nitrogen and oxygen atoms in total. The van der Waals surface area contributed by atoms with Crippen molar-refractivity contribution < 1.29 is 0 Å². The van der Waals surface area contributed by atoms with Crippen LogP contribution in [-0.4, -0.2) is 4.98 Å². The van der Waals surface area contributed by atoms with Crippen molar-refractivity contribution in [3.63, 3.8) is 0 Å². The van der Waals surface area contributed by atoms with Crippen LogP contribution in [0.15, 0.2) is 12.3 Å². The van der Waals surface area contributed by atoms with Gasteiger partial charge in [0.25, 0.3) is 0 Å². The molecule has 0 bridgehead atoms. The van der Waals surface area contributed by atoms with Gasteiger partial charge in [0.1, 0.15) is 0 Å². The third kappa shape index (κ3) is 1.57. The van der Waals surface area contributed by atoms with Gasteiger partial charge < -0.3 is 5.73 Å². The molecule has 11 heavy (non-hydrogen) atoms. The topological polar surface area (TPSA) is 38.9 Å². The van der Waals surface area contributed by atoms with Gasteiger partial charge in [-0.3, -0.25) is 4.98 Å². The molecule has 0 unspecified atom stereocenters. The van der Waals surface area contributed by atoms with Crippen molar-refractivity contribution in [2.24, 2.45) is 5.73 Å². The van der Waals surface area contributed by atoms with E-state index >= 15 is 0 Å². The van der Waals surface area contributed by atoms with Gasteiger partial charge in [-0.1, -0.05) is 5.92 Å². The highest BCUT2D eigenvalue weighted by Gasteiger charge is 1.97. The van der Waals surface area contributed by atoms with Crippen LogP contribution in [0.2, 0.25) is 0 Å². The summed E-state index contributed by atoms with van der Waals surface area (Å²) in [7, 11) is 0. The Bertz CT molecular complexity index is 297. The van der Waals surface area contributed by atoms with Crippen LogP contribution in [0.25, 0.3) is 0 Å². The van der Waals surface area contributed by atoms with E-state index in [0.717, 1.165) is 16.8 Å². The van der Waals surface area contributed by atoms with Gasteiger partial charge in [0.15, 0.2) is 0 Å². The summed E-state index contributed by atoms with van der Waals surface area (Å²) in [6.45, 7) is 2.36. The van der Waals surface area contributed by atoms with Gasteiger partial charge in [0, 0.05) is 24.0 Å². The Morgan fingerprint density at radius 1 is 1.73 bits per heavy atom. The van der Waals surface area contributed by atoms with E-state index in [9.17, 15) is 0 Å². The van der Waals surface area contributed by atoms with Gasteiger partial charge in [0.2, 0.25) is 0 Å². The maximum absolute atomic E-state index is 5.44. The Morgan fingerprint density at radius 2 is 2.45 bits per heavy atom. The van der Waals surface area contributed by atoms with Crippen molar-refractivity contribution in [3.8, 4) is 12.3 Å². The van der Waals surface area contributed by atoms with Gasteiger partial charge in [-0.2, -0.15) is 0 Å². The highest BCUT2D eigenvalue weighted by molar-refractivity contribution is 5.39. The molecule has 1 aromatic heterocycles. The zero-order valence-corrected chi connectivity index (χ0v) is 6.46. The molecule has 56 valence electrons. The van der Waals surface area contributed by atoms with E-state index in [2.05, 4.69) is 10.9 Å². The molecule has 0 spiro atoms. The summed E-state index contributed by atoms with van der Waals surface area (Å²) in [6, 6.07) is 1.86. The molecule has 0 radical (unpaired) electrons. The van der Waals surface area contributed by atoms with E-state index < -0.39 is 0 Å². The van der Waals surface area contributed by atoms with Gasteiger partial charge in [-0.15, -0.1) is 6.42 Å². The summed E-state index contributed by atoms with van der Waals surface area (Å²) < 4.78 is 0. The second-order valence-corrected chi connectivity index (χ2v) is 2.33. The Morgan fingerprint density at radius 3 is 3.00 bits per heavy atom. The Labute approximate surface area is 66.4 Å². The molecule has 2 heteroatoms. The van der Waals surface area contributed by atoms with E-state index in [4.69, 9.17) is 12.2 Å². The van der Waals surface area contributed by atoms with Crippen LogP contribution in [-0.2, 0) is 6.54 Å². The first-order valence-corrected chi connectivity index (χ1v) is 3.40. The minimum Gasteiger partial charge on any atom is -0.326 e. The molecular weight excluding hydrogens is 136 g/mol. The largest absolute Gasteiger partial charge is 0.326 e. The first-order chi connectivity index (χ1) is 5.27. The lowest BCUT2D eigenvalue weighted by Crippen LogP contribution is -2.00. The van der Waals surface area contributed by atoms with E-state index in [-0.39, 0.29) is 0 Å². The first-order valence-electron chi connectivity index (χ1n) is 3.40. The predicted molar refractivity (Wildman–Crippen MR) is 44.8 cm³/mol. The van der Waals surface area contributed by atoms with Crippen LogP contribution in [0.5, 0.6) is 0 Å². The van der Waals surface area contributed by atoms with Crippen LogP contribution in [0.3, 0.4) is 0 Å². The zero-order valence-electron chi connectivity index (χ0n) is 6.46. The summed E-state index contributed by atoms with van der Waals surface area (Å²) in [6.07, 6.45) is 6.99. The first kappa shape index (κ1) is 7.77. The van der Waals surface area contributed by atoms with Gasteiger partial charge in [-0.05, 0) is 18.6 Å². The summed E-state index contributed by atoms with van der Waals surface area (Å²) in [5.74, 6) is 2.57. The number of nitrogens with two attached hydrogens (primary N) is 1. The number of aryl methyl sites for hydroxylation is 1. The van der Waals surface area contributed by atoms with E-state index in [0.29, 0.717) is 6.54 Å². The van der Waals surface area contributed by atoms with Crippen molar-refractivity contribution in [2.45, 2.75) is 13.5 Å². The average molecular weight is 146 g/mol. The van der Waals surface area contributed by atoms with Crippen molar-refractivity contribution in [1.82, 2.24) is 4.98 Å². The lowest BCUT2D eigenvalue weighted by atomic mass is 10.1. The number of hydrogen-bond donors (Lipinski definition) is 1. The fraction of sp³-hybridized carbons (Fsp3) is 0.222. The Balaban J connectivity index is 3.19. The second-order valence-electron chi connectivity index (χ2n) is 2.33. The quantitative estimate of drug-likeness (QED) is 0.596. The lowest BCUT2D eigenvalue weighted by Gasteiger charge is -2.00. The van der Waals surface area contributed by atoms with Crippen molar-refractivity contribution >= 4 is 0 Å². The van der Waals surface area contributed by atoms with E-state index in [1.807, 2.05) is 13.0 Å². The molecule has 0 aliphatic rings. The molecule has 0 amide bonds. The molecule has 1 rings (SSSR count). The molecule has 0 aliphatic heterocycles. The lowest BCUT2D eigenvalue weighted by molar-refractivity contribution is 1.03. The maximum atomic E-state index is 5.44. The van der Waals surface area contributed by atoms with Gasteiger partial charge in [0.05, 0.1) is 0 Å². The third-order valence-corrected chi connectivity index (χ3v) is 1.50. The van der Waals surface area contributed by atoms with Crippen molar-refractivity contribution in [3.05, 3.63) is 29.1 Å². The number of pyridine rings is 1. The minimum atomic E-state index is 0.451. The number of rotatable bonds is 1. The molecule has 0 aromatic carbocycles. The average Bonchev–Trinajstić information content (AvgIpc) is 2.04.